The van der Waals surface area contributed by atoms with Gasteiger partial charge in [0, 0.05) is 25.8 Å². The van der Waals surface area contributed by atoms with Crippen LogP contribution in [0.1, 0.15) is 55.6 Å². The molecular weight excluding hydrogens is 250 g/mol. The highest BCUT2D eigenvalue weighted by molar-refractivity contribution is 5.92. The molecule has 1 amide bonds. The third-order valence-electron chi connectivity index (χ3n) is 4.46. The lowest BCUT2D eigenvalue weighted by atomic mass is 9.75. The molecule has 0 radical (unpaired) electrons. The van der Waals surface area contributed by atoms with Crippen LogP contribution in [0.15, 0.2) is 18.3 Å². The number of hydrogen-bond donors (Lipinski definition) is 1. The molecule has 2 rings (SSSR count). The largest absolute Gasteiger partial charge is 0.337 e. The number of pyridine rings is 1. The summed E-state index contributed by atoms with van der Waals surface area (Å²) in [5, 5.41) is 0. The standard InChI is InChI=1S/C16H25N3O/c1-16(2)8-6-13(7-9-16)19(3)15(20)14-5-4-12(10-17)11-18-14/h4-5,11,13H,6-10,17H2,1-3H3. The van der Waals surface area contributed by atoms with Gasteiger partial charge < -0.3 is 10.6 Å². The van der Waals surface area contributed by atoms with E-state index >= 15 is 0 Å². The lowest BCUT2D eigenvalue weighted by molar-refractivity contribution is 0.0629. The van der Waals surface area contributed by atoms with E-state index in [-0.39, 0.29) is 5.91 Å². The number of carbonyl (C=O) groups excluding carboxylic acids is 1. The fraction of sp³-hybridized carbons (Fsp3) is 0.625. The zero-order valence-electron chi connectivity index (χ0n) is 12.7. The zero-order valence-corrected chi connectivity index (χ0v) is 12.7. The first-order valence-corrected chi connectivity index (χ1v) is 7.35. The van der Waals surface area contributed by atoms with Crippen molar-refractivity contribution in [2.75, 3.05) is 7.05 Å². The van der Waals surface area contributed by atoms with Crippen LogP contribution in [0.3, 0.4) is 0 Å². The van der Waals surface area contributed by atoms with Gasteiger partial charge >= 0.3 is 0 Å². The van der Waals surface area contributed by atoms with E-state index in [2.05, 4.69) is 18.8 Å². The molecule has 0 saturated heterocycles. The van der Waals surface area contributed by atoms with Gasteiger partial charge in [-0.3, -0.25) is 9.78 Å². The molecule has 110 valence electrons. The molecule has 0 aromatic carbocycles. The van der Waals surface area contributed by atoms with Crippen LogP contribution < -0.4 is 5.73 Å². The van der Waals surface area contributed by atoms with Crippen molar-refractivity contribution < 1.29 is 4.79 Å². The van der Waals surface area contributed by atoms with Crippen molar-refractivity contribution in [2.45, 2.75) is 52.1 Å². The first-order valence-electron chi connectivity index (χ1n) is 7.35. The Balaban J connectivity index is 2.01. The van der Waals surface area contributed by atoms with E-state index < -0.39 is 0 Å². The maximum Gasteiger partial charge on any atom is 0.272 e. The first kappa shape index (κ1) is 15.0. The molecule has 1 fully saturated rings. The van der Waals surface area contributed by atoms with E-state index in [0.717, 1.165) is 18.4 Å². The van der Waals surface area contributed by atoms with Crippen molar-refractivity contribution in [3.8, 4) is 0 Å². The maximum absolute atomic E-state index is 12.4. The molecule has 4 nitrogen and oxygen atoms in total. The maximum atomic E-state index is 12.4. The minimum absolute atomic E-state index is 0.0123. The van der Waals surface area contributed by atoms with Gasteiger partial charge in [-0.25, -0.2) is 0 Å². The summed E-state index contributed by atoms with van der Waals surface area (Å²) in [4.78, 5) is 18.5. The van der Waals surface area contributed by atoms with Crippen LogP contribution in [0.5, 0.6) is 0 Å². The second kappa shape index (κ2) is 5.92. The SMILES string of the molecule is CN(C(=O)c1ccc(CN)cn1)C1CCC(C)(C)CC1. The predicted molar refractivity (Wildman–Crippen MR) is 80.3 cm³/mol. The highest BCUT2D eigenvalue weighted by Crippen LogP contribution is 2.36. The highest BCUT2D eigenvalue weighted by Gasteiger charge is 2.31. The Hall–Kier alpha value is -1.42. The number of amides is 1. The van der Waals surface area contributed by atoms with Crippen molar-refractivity contribution in [1.82, 2.24) is 9.88 Å². The first-order chi connectivity index (χ1) is 9.43. The Morgan fingerprint density at radius 1 is 1.40 bits per heavy atom. The van der Waals surface area contributed by atoms with Crippen LogP contribution in [0.2, 0.25) is 0 Å². The topological polar surface area (TPSA) is 59.2 Å². The molecule has 0 aliphatic heterocycles. The average Bonchev–Trinajstić information content (AvgIpc) is 2.46. The fourth-order valence-corrected chi connectivity index (χ4v) is 2.79. The Morgan fingerprint density at radius 3 is 2.55 bits per heavy atom. The van der Waals surface area contributed by atoms with Gasteiger partial charge in [0.1, 0.15) is 5.69 Å². The fourth-order valence-electron chi connectivity index (χ4n) is 2.79. The summed E-state index contributed by atoms with van der Waals surface area (Å²) in [6.45, 7) is 5.06. The minimum atomic E-state index is 0.0123. The molecule has 20 heavy (non-hydrogen) atoms. The summed E-state index contributed by atoms with van der Waals surface area (Å²) in [5.74, 6) is 0.0123. The highest BCUT2D eigenvalue weighted by atomic mass is 16.2. The monoisotopic (exact) mass is 275 g/mol. The number of carbonyl (C=O) groups is 1. The summed E-state index contributed by atoms with van der Waals surface area (Å²) >= 11 is 0. The van der Waals surface area contributed by atoms with Crippen molar-refractivity contribution in [1.29, 1.82) is 0 Å². The van der Waals surface area contributed by atoms with Crippen LogP contribution in [0.25, 0.3) is 0 Å². The zero-order chi connectivity index (χ0) is 14.8. The van der Waals surface area contributed by atoms with Gasteiger partial charge in [-0.05, 0) is 42.7 Å². The van der Waals surface area contributed by atoms with Crippen LogP contribution in [0.4, 0.5) is 0 Å². The summed E-state index contributed by atoms with van der Waals surface area (Å²) in [7, 11) is 1.89. The van der Waals surface area contributed by atoms with Crippen LogP contribution in [-0.2, 0) is 6.54 Å². The molecule has 4 heteroatoms. The summed E-state index contributed by atoms with van der Waals surface area (Å²) in [5.41, 5.74) is 7.42. The van der Waals surface area contributed by atoms with Crippen molar-refractivity contribution in [2.24, 2.45) is 11.1 Å². The molecule has 1 saturated carbocycles. The molecule has 1 aliphatic rings. The molecule has 0 spiro atoms. The van der Waals surface area contributed by atoms with E-state index in [9.17, 15) is 4.79 Å². The van der Waals surface area contributed by atoms with E-state index in [1.54, 1.807) is 12.3 Å². The average molecular weight is 275 g/mol. The summed E-state index contributed by atoms with van der Waals surface area (Å²) in [6.07, 6.45) is 6.20. The molecule has 1 aromatic heterocycles. The molecule has 0 bridgehead atoms. The van der Waals surface area contributed by atoms with Crippen LogP contribution >= 0.6 is 0 Å². The second-order valence-corrected chi connectivity index (χ2v) is 6.57. The smallest absolute Gasteiger partial charge is 0.272 e. The molecule has 2 N–H and O–H groups in total. The van der Waals surface area contributed by atoms with Gasteiger partial charge in [0.05, 0.1) is 0 Å². The lowest BCUT2D eigenvalue weighted by Crippen LogP contribution is -2.41. The van der Waals surface area contributed by atoms with E-state index in [0.29, 0.717) is 23.7 Å². The van der Waals surface area contributed by atoms with Crippen LogP contribution in [0, 0.1) is 5.41 Å². The van der Waals surface area contributed by atoms with Gasteiger partial charge in [-0.2, -0.15) is 0 Å². The van der Waals surface area contributed by atoms with Gasteiger partial charge in [0.25, 0.3) is 5.91 Å². The van der Waals surface area contributed by atoms with E-state index in [1.165, 1.54) is 12.8 Å². The quantitative estimate of drug-likeness (QED) is 0.922. The molecule has 1 heterocycles. The number of hydrogen-bond acceptors (Lipinski definition) is 3. The molecular formula is C16H25N3O. The molecule has 1 aliphatic carbocycles. The number of rotatable bonds is 3. The van der Waals surface area contributed by atoms with Crippen LogP contribution in [-0.4, -0.2) is 28.9 Å². The van der Waals surface area contributed by atoms with Crippen molar-refractivity contribution in [3.05, 3.63) is 29.6 Å². The Labute approximate surface area is 121 Å². The summed E-state index contributed by atoms with van der Waals surface area (Å²) in [6, 6.07) is 3.98. The Morgan fingerprint density at radius 2 is 2.05 bits per heavy atom. The number of nitrogens with two attached hydrogens (primary N) is 1. The van der Waals surface area contributed by atoms with Gasteiger partial charge in [-0.1, -0.05) is 19.9 Å². The van der Waals surface area contributed by atoms with Gasteiger partial charge in [0.2, 0.25) is 0 Å². The third kappa shape index (κ3) is 3.37. The Kier molecular flexibility index (Phi) is 4.43. The molecule has 0 atom stereocenters. The molecule has 0 unspecified atom stereocenters. The van der Waals surface area contributed by atoms with Gasteiger partial charge in [0.15, 0.2) is 0 Å². The van der Waals surface area contributed by atoms with E-state index in [4.69, 9.17) is 5.73 Å². The predicted octanol–water partition coefficient (Wildman–Crippen LogP) is 2.58. The van der Waals surface area contributed by atoms with E-state index in [1.807, 2.05) is 18.0 Å². The van der Waals surface area contributed by atoms with Crippen molar-refractivity contribution in [3.63, 3.8) is 0 Å². The lowest BCUT2D eigenvalue weighted by Gasteiger charge is -2.38. The number of nitrogens with zero attached hydrogens (tertiary/aromatic N) is 2. The minimum Gasteiger partial charge on any atom is -0.337 e. The van der Waals surface area contributed by atoms with Crippen molar-refractivity contribution >= 4 is 5.91 Å². The number of aromatic nitrogens is 1. The second-order valence-electron chi connectivity index (χ2n) is 6.57. The molecule has 1 aromatic rings. The third-order valence-corrected chi connectivity index (χ3v) is 4.46. The normalized spacial score (nSPS) is 18.8. The van der Waals surface area contributed by atoms with Gasteiger partial charge in [-0.15, -0.1) is 0 Å². The summed E-state index contributed by atoms with van der Waals surface area (Å²) < 4.78 is 0. The Bertz CT molecular complexity index is 457.